The molecule has 0 aliphatic heterocycles. The average Bonchev–Trinajstić information content (AvgIpc) is 3.36. The first-order valence-electron chi connectivity index (χ1n) is 10.9. The number of halogens is 3. The van der Waals surface area contributed by atoms with Gasteiger partial charge in [-0.3, -0.25) is 10.2 Å². The van der Waals surface area contributed by atoms with Crippen molar-refractivity contribution in [3.8, 4) is 22.4 Å². The van der Waals surface area contributed by atoms with Crippen LogP contribution in [0.2, 0.25) is 5.02 Å². The number of aromatic nitrogens is 1. The Balaban J connectivity index is 1.51. The van der Waals surface area contributed by atoms with Crippen LogP contribution in [-0.4, -0.2) is 44.9 Å². The molecule has 0 bridgehead atoms. The van der Waals surface area contributed by atoms with Crippen molar-refractivity contribution in [2.75, 3.05) is 6.54 Å². The monoisotopic (exact) mass is 527 g/mol. The highest BCUT2D eigenvalue weighted by molar-refractivity contribution is 6.30. The lowest BCUT2D eigenvalue weighted by Gasteiger charge is -2.24. The summed E-state index contributed by atoms with van der Waals surface area (Å²) >= 11 is 5.97. The number of nitrogens with one attached hydrogen (secondary N) is 1. The molecule has 3 aromatic carbocycles. The Labute approximate surface area is 214 Å². The van der Waals surface area contributed by atoms with Gasteiger partial charge in [0.25, 0.3) is 0 Å². The Morgan fingerprint density at radius 3 is 2.41 bits per heavy atom. The molecule has 3 N–H and O–H groups in total. The summed E-state index contributed by atoms with van der Waals surface area (Å²) in [5.74, 6) is -3.51. The number of carbonyl (C=O) groups excluding carboxylic acids is 1. The number of rotatable bonds is 9. The minimum absolute atomic E-state index is 0.0112. The molecule has 1 atom stereocenters. The second-order valence-electron chi connectivity index (χ2n) is 8.05. The van der Waals surface area contributed by atoms with Gasteiger partial charge in [0.1, 0.15) is 17.3 Å². The van der Waals surface area contributed by atoms with E-state index < -0.39 is 36.2 Å². The fraction of sp³-hybridized carbons (Fsp3) is 0.115. The smallest absolute Gasteiger partial charge is 0.333 e. The highest BCUT2D eigenvalue weighted by Gasteiger charge is 2.23. The summed E-state index contributed by atoms with van der Waals surface area (Å²) in [7, 11) is 0. The van der Waals surface area contributed by atoms with E-state index in [0.29, 0.717) is 21.7 Å². The van der Waals surface area contributed by atoms with Crippen molar-refractivity contribution in [2.45, 2.75) is 12.6 Å². The molecule has 0 aliphatic rings. The van der Waals surface area contributed by atoms with E-state index in [9.17, 15) is 23.5 Å². The quantitative estimate of drug-likeness (QED) is 0.274. The van der Waals surface area contributed by atoms with E-state index >= 15 is 0 Å². The Hall–Kier alpha value is -4.12. The molecule has 190 valence electrons. The number of carbonyl (C=O) groups is 2. The predicted octanol–water partition coefficient (Wildman–Crippen LogP) is 4.53. The summed E-state index contributed by atoms with van der Waals surface area (Å²) in [5.41, 5.74) is 4.20. The van der Waals surface area contributed by atoms with Crippen LogP contribution in [0.5, 0.6) is 0 Å². The van der Waals surface area contributed by atoms with Gasteiger partial charge in [-0.25, -0.2) is 18.6 Å². The van der Waals surface area contributed by atoms with E-state index in [2.05, 4.69) is 10.6 Å². The van der Waals surface area contributed by atoms with Gasteiger partial charge in [0.15, 0.2) is 6.10 Å². The van der Waals surface area contributed by atoms with Gasteiger partial charge in [-0.2, -0.15) is 0 Å². The molecule has 1 aromatic heterocycles. The molecule has 0 saturated carbocycles. The number of hydrogen-bond donors (Lipinski definition) is 3. The molecular weight excluding hydrogens is 508 g/mol. The molecule has 0 aliphatic carbocycles. The van der Waals surface area contributed by atoms with Crippen LogP contribution in [0.3, 0.4) is 0 Å². The van der Waals surface area contributed by atoms with Gasteiger partial charge in [-0.05, 0) is 41.5 Å². The maximum Gasteiger partial charge on any atom is 0.333 e. The summed E-state index contributed by atoms with van der Waals surface area (Å²) in [5, 5.41) is 24.3. The van der Waals surface area contributed by atoms with E-state index in [1.54, 1.807) is 30.3 Å². The minimum atomic E-state index is -1.80. The maximum atomic E-state index is 14.2. The Morgan fingerprint density at radius 1 is 1.00 bits per heavy atom. The molecular formula is C26H20ClF2N3O5. The second kappa shape index (κ2) is 11.3. The second-order valence-corrected chi connectivity index (χ2v) is 8.49. The molecule has 11 heteroatoms. The number of nitrogens with zero attached hydrogens (tertiary/aromatic N) is 2. The molecule has 1 heterocycles. The molecule has 1 amide bonds. The van der Waals surface area contributed by atoms with E-state index in [0.717, 1.165) is 0 Å². The van der Waals surface area contributed by atoms with Gasteiger partial charge in [-0.15, -0.1) is 0 Å². The largest absolute Gasteiger partial charge is 0.479 e. The molecule has 0 spiro atoms. The van der Waals surface area contributed by atoms with Crippen molar-refractivity contribution in [2.24, 2.45) is 0 Å². The molecule has 0 saturated heterocycles. The lowest BCUT2D eigenvalue weighted by atomic mass is 10.0. The van der Waals surface area contributed by atoms with Crippen LogP contribution >= 0.6 is 11.6 Å². The SMILES string of the molecule is O=C(NN(Cc1ccc(-c2cc(Cl)ccc2F)cc1)C[C@@H](O)C(=O)O)c1cc(-c2ccccc2F)no1. The van der Waals surface area contributed by atoms with Crippen molar-refractivity contribution in [3.05, 3.63) is 101 Å². The molecule has 8 nitrogen and oxygen atoms in total. The van der Waals surface area contributed by atoms with Crippen LogP contribution in [0.25, 0.3) is 22.4 Å². The molecule has 0 fully saturated rings. The van der Waals surface area contributed by atoms with Gasteiger partial charge < -0.3 is 14.7 Å². The highest BCUT2D eigenvalue weighted by atomic mass is 35.5. The van der Waals surface area contributed by atoms with Crippen molar-refractivity contribution >= 4 is 23.5 Å². The first-order valence-corrected chi connectivity index (χ1v) is 11.3. The molecule has 0 radical (unpaired) electrons. The number of hydrogen-bond acceptors (Lipinski definition) is 6. The molecule has 4 rings (SSSR count). The zero-order chi connectivity index (χ0) is 26.5. The summed E-state index contributed by atoms with van der Waals surface area (Å²) in [6.07, 6.45) is -1.80. The van der Waals surface area contributed by atoms with Crippen LogP contribution in [0.1, 0.15) is 16.1 Å². The highest BCUT2D eigenvalue weighted by Crippen LogP contribution is 2.27. The van der Waals surface area contributed by atoms with Gasteiger partial charge in [0, 0.05) is 28.8 Å². The standard InChI is InChI=1S/C26H20ClF2N3O5/c27-17-9-10-21(29)19(11-17)16-7-5-15(6-8-16)13-32(14-23(33)26(35)36)30-25(34)24-12-22(31-37-24)18-3-1-2-4-20(18)28/h1-12,23,33H,13-14H2,(H,30,34)(H,35,36)/t23-/m1/s1. The number of amides is 1. The third-order valence-corrected chi connectivity index (χ3v) is 5.62. The van der Waals surface area contributed by atoms with E-state index in [4.69, 9.17) is 21.2 Å². The Bertz CT molecular complexity index is 1430. The zero-order valence-corrected chi connectivity index (χ0v) is 19.8. The van der Waals surface area contributed by atoms with Gasteiger partial charge in [0.2, 0.25) is 5.76 Å². The number of hydrazine groups is 1. The average molecular weight is 528 g/mol. The lowest BCUT2D eigenvalue weighted by Crippen LogP contribution is -2.47. The third-order valence-electron chi connectivity index (χ3n) is 5.39. The number of carboxylic acids is 1. The molecule has 0 unspecified atom stereocenters. The minimum Gasteiger partial charge on any atom is -0.479 e. The summed E-state index contributed by atoms with van der Waals surface area (Å²) in [6, 6.07) is 17.9. The predicted molar refractivity (Wildman–Crippen MR) is 130 cm³/mol. The van der Waals surface area contributed by atoms with Crippen LogP contribution in [0.15, 0.2) is 77.3 Å². The van der Waals surface area contributed by atoms with Crippen LogP contribution in [0.4, 0.5) is 8.78 Å². The fourth-order valence-electron chi connectivity index (χ4n) is 3.54. The van der Waals surface area contributed by atoms with Crippen molar-refractivity contribution in [1.82, 2.24) is 15.6 Å². The van der Waals surface area contributed by atoms with Crippen LogP contribution < -0.4 is 5.43 Å². The van der Waals surface area contributed by atoms with Crippen LogP contribution in [0, 0.1) is 11.6 Å². The number of aliphatic carboxylic acids is 1. The van der Waals surface area contributed by atoms with E-state index in [1.165, 1.54) is 47.5 Å². The summed E-state index contributed by atoms with van der Waals surface area (Å²) in [4.78, 5) is 24.0. The fourth-order valence-corrected chi connectivity index (χ4v) is 3.71. The van der Waals surface area contributed by atoms with E-state index in [1.807, 2.05) is 0 Å². The zero-order valence-electron chi connectivity index (χ0n) is 19.1. The van der Waals surface area contributed by atoms with Crippen molar-refractivity contribution < 1.29 is 33.1 Å². The third kappa shape index (κ3) is 6.36. The van der Waals surface area contributed by atoms with Crippen LogP contribution in [-0.2, 0) is 11.3 Å². The molecule has 37 heavy (non-hydrogen) atoms. The normalized spacial score (nSPS) is 11.9. The topological polar surface area (TPSA) is 116 Å². The number of benzene rings is 3. The van der Waals surface area contributed by atoms with Crippen molar-refractivity contribution in [3.63, 3.8) is 0 Å². The van der Waals surface area contributed by atoms with Gasteiger partial charge in [0.05, 0.1) is 6.54 Å². The van der Waals surface area contributed by atoms with E-state index in [-0.39, 0.29) is 23.6 Å². The van der Waals surface area contributed by atoms with Gasteiger partial charge in [-0.1, -0.05) is 53.2 Å². The lowest BCUT2D eigenvalue weighted by molar-refractivity contribution is -0.148. The maximum absolute atomic E-state index is 14.2. The molecule has 4 aromatic rings. The Morgan fingerprint density at radius 2 is 1.70 bits per heavy atom. The number of carboxylic acid groups (broad SMARTS) is 1. The number of aliphatic hydroxyl groups is 1. The number of aliphatic hydroxyl groups excluding tert-OH is 1. The summed E-state index contributed by atoms with van der Waals surface area (Å²) in [6.45, 7) is -0.469. The first-order chi connectivity index (χ1) is 17.7. The van der Waals surface area contributed by atoms with Crippen molar-refractivity contribution in [1.29, 1.82) is 0 Å². The first kappa shape index (κ1) is 26.0. The summed E-state index contributed by atoms with van der Waals surface area (Å²) < 4.78 is 33.3. The Kier molecular flexibility index (Phi) is 7.92. The van der Waals surface area contributed by atoms with Gasteiger partial charge >= 0.3 is 11.9 Å².